The third-order valence-electron chi connectivity index (χ3n) is 3.48. The van der Waals surface area contributed by atoms with E-state index in [2.05, 4.69) is 4.90 Å². The van der Waals surface area contributed by atoms with E-state index in [1.54, 1.807) is 0 Å². The zero-order chi connectivity index (χ0) is 9.97. The SMILES string of the molecule is CCOC(=O)CC1CCN2CCCC12. The lowest BCUT2D eigenvalue weighted by atomic mass is 9.95. The van der Waals surface area contributed by atoms with Gasteiger partial charge in [-0.05, 0) is 45.2 Å². The predicted molar refractivity (Wildman–Crippen MR) is 54.0 cm³/mol. The highest BCUT2D eigenvalue weighted by Crippen LogP contribution is 2.34. The van der Waals surface area contributed by atoms with Crippen LogP contribution in [-0.4, -0.2) is 36.6 Å². The molecule has 0 saturated carbocycles. The van der Waals surface area contributed by atoms with Gasteiger partial charge < -0.3 is 9.64 Å². The number of carbonyl (C=O) groups is 1. The first kappa shape index (κ1) is 9.97. The van der Waals surface area contributed by atoms with E-state index in [1.165, 1.54) is 32.4 Å². The zero-order valence-electron chi connectivity index (χ0n) is 8.87. The van der Waals surface area contributed by atoms with Crippen molar-refractivity contribution in [1.82, 2.24) is 4.90 Å². The van der Waals surface area contributed by atoms with Crippen molar-refractivity contribution in [3.05, 3.63) is 0 Å². The van der Waals surface area contributed by atoms with Crippen molar-refractivity contribution in [3.63, 3.8) is 0 Å². The standard InChI is InChI=1S/C11H19NO2/c1-2-14-11(13)8-9-5-7-12-6-3-4-10(9)12/h9-10H,2-8H2,1H3. The van der Waals surface area contributed by atoms with E-state index >= 15 is 0 Å². The molecule has 0 amide bonds. The minimum Gasteiger partial charge on any atom is -0.466 e. The van der Waals surface area contributed by atoms with Gasteiger partial charge in [0.1, 0.15) is 0 Å². The zero-order valence-corrected chi connectivity index (χ0v) is 8.87. The Balaban J connectivity index is 1.83. The minimum absolute atomic E-state index is 0.00810. The predicted octanol–water partition coefficient (Wildman–Crippen LogP) is 1.42. The molecule has 0 aliphatic carbocycles. The fraction of sp³-hybridized carbons (Fsp3) is 0.909. The van der Waals surface area contributed by atoms with Gasteiger partial charge in [-0.1, -0.05) is 0 Å². The molecule has 2 saturated heterocycles. The summed E-state index contributed by atoms with van der Waals surface area (Å²) in [6, 6.07) is 0.680. The molecule has 14 heavy (non-hydrogen) atoms. The first-order valence-electron chi connectivity index (χ1n) is 5.71. The summed E-state index contributed by atoms with van der Waals surface area (Å²) < 4.78 is 4.99. The molecular formula is C11H19NO2. The molecule has 3 nitrogen and oxygen atoms in total. The smallest absolute Gasteiger partial charge is 0.306 e. The number of fused-ring (bicyclic) bond motifs is 1. The Kier molecular flexibility index (Phi) is 3.06. The van der Waals surface area contributed by atoms with Crippen LogP contribution < -0.4 is 0 Å². The number of hydrogen-bond acceptors (Lipinski definition) is 3. The van der Waals surface area contributed by atoms with Gasteiger partial charge in [-0.3, -0.25) is 4.79 Å². The Morgan fingerprint density at radius 2 is 2.29 bits per heavy atom. The van der Waals surface area contributed by atoms with E-state index in [0.29, 0.717) is 25.0 Å². The van der Waals surface area contributed by atoms with Gasteiger partial charge in [0.15, 0.2) is 0 Å². The number of carbonyl (C=O) groups excluding carboxylic acids is 1. The second kappa shape index (κ2) is 4.30. The summed E-state index contributed by atoms with van der Waals surface area (Å²) in [5, 5.41) is 0. The lowest BCUT2D eigenvalue weighted by molar-refractivity contribution is -0.144. The van der Waals surface area contributed by atoms with Crippen molar-refractivity contribution in [2.24, 2.45) is 5.92 Å². The molecule has 2 fully saturated rings. The van der Waals surface area contributed by atoms with E-state index in [1.807, 2.05) is 6.92 Å². The van der Waals surface area contributed by atoms with Crippen molar-refractivity contribution in [2.75, 3.05) is 19.7 Å². The number of rotatable bonds is 3. The van der Waals surface area contributed by atoms with Crippen molar-refractivity contribution in [1.29, 1.82) is 0 Å². The van der Waals surface area contributed by atoms with Gasteiger partial charge in [-0.25, -0.2) is 0 Å². The molecule has 0 N–H and O–H groups in total. The molecule has 2 heterocycles. The van der Waals surface area contributed by atoms with Crippen LogP contribution in [0.15, 0.2) is 0 Å². The Hall–Kier alpha value is -0.570. The average molecular weight is 197 g/mol. The van der Waals surface area contributed by atoms with E-state index < -0.39 is 0 Å². The molecule has 3 heteroatoms. The summed E-state index contributed by atoms with van der Waals surface area (Å²) in [5.41, 5.74) is 0. The van der Waals surface area contributed by atoms with Crippen molar-refractivity contribution in [3.8, 4) is 0 Å². The van der Waals surface area contributed by atoms with Gasteiger partial charge in [0, 0.05) is 12.5 Å². The summed E-state index contributed by atoms with van der Waals surface area (Å²) >= 11 is 0. The summed E-state index contributed by atoms with van der Waals surface area (Å²) in [5.74, 6) is 0.558. The number of esters is 1. The quantitative estimate of drug-likeness (QED) is 0.641. The molecule has 0 aromatic carbocycles. The van der Waals surface area contributed by atoms with Crippen molar-refractivity contribution in [2.45, 2.75) is 38.6 Å². The number of ether oxygens (including phenoxy) is 1. The van der Waals surface area contributed by atoms with Gasteiger partial charge in [0.05, 0.1) is 6.61 Å². The van der Waals surface area contributed by atoms with Crippen molar-refractivity contribution < 1.29 is 9.53 Å². The van der Waals surface area contributed by atoms with Crippen LogP contribution in [0.4, 0.5) is 0 Å². The van der Waals surface area contributed by atoms with Crippen LogP contribution in [0.2, 0.25) is 0 Å². The molecule has 2 aliphatic rings. The highest BCUT2D eigenvalue weighted by Gasteiger charge is 2.37. The van der Waals surface area contributed by atoms with Gasteiger partial charge in [-0.15, -0.1) is 0 Å². The fourth-order valence-electron chi connectivity index (χ4n) is 2.86. The van der Waals surface area contributed by atoms with Crippen LogP contribution in [0.25, 0.3) is 0 Å². The maximum Gasteiger partial charge on any atom is 0.306 e. The number of nitrogens with zero attached hydrogens (tertiary/aromatic N) is 1. The van der Waals surface area contributed by atoms with Crippen LogP contribution in [0.1, 0.15) is 32.6 Å². The molecule has 0 aromatic rings. The molecule has 2 atom stereocenters. The fourth-order valence-corrected chi connectivity index (χ4v) is 2.86. The van der Waals surface area contributed by atoms with E-state index in [-0.39, 0.29) is 5.97 Å². The maximum atomic E-state index is 11.3. The van der Waals surface area contributed by atoms with E-state index in [0.717, 1.165) is 0 Å². The average Bonchev–Trinajstić information content (AvgIpc) is 2.70. The highest BCUT2D eigenvalue weighted by atomic mass is 16.5. The van der Waals surface area contributed by atoms with Gasteiger partial charge in [0.25, 0.3) is 0 Å². The van der Waals surface area contributed by atoms with E-state index in [4.69, 9.17) is 4.74 Å². The van der Waals surface area contributed by atoms with Crippen LogP contribution in [0, 0.1) is 5.92 Å². The molecule has 2 unspecified atom stereocenters. The second-order valence-corrected chi connectivity index (χ2v) is 4.30. The Morgan fingerprint density at radius 1 is 1.43 bits per heavy atom. The monoisotopic (exact) mass is 197 g/mol. The van der Waals surface area contributed by atoms with Gasteiger partial charge in [0.2, 0.25) is 0 Å². The Labute approximate surface area is 85.4 Å². The first-order chi connectivity index (χ1) is 6.81. The summed E-state index contributed by atoms with van der Waals surface area (Å²) in [4.78, 5) is 13.9. The third kappa shape index (κ3) is 1.92. The maximum absolute atomic E-state index is 11.3. The van der Waals surface area contributed by atoms with Crippen molar-refractivity contribution >= 4 is 5.97 Å². The molecule has 0 spiro atoms. The van der Waals surface area contributed by atoms with Crippen LogP contribution in [0.5, 0.6) is 0 Å². The molecule has 80 valence electrons. The second-order valence-electron chi connectivity index (χ2n) is 4.30. The largest absolute Gasteiger partial charge is 0.466 e. The molecule has 0 radical (unpaired) electrons. The minimum atomic E-state index is -0.00810. The third-order valence-corrected chi connectivity index (χ3v) is 3.48. The molecule has 2 rings (SSSR count). The van der Waals surface area contributed by atoms with Gasteiger partial charge >= 0.3 is 5.97 Å². The molecule has 0 aromatic heterocycles. The van der Waals surface area contributed by atoms with E-state index in [9.17, 15) is 4.79 Å². The highest BCUT2D eigenvalue weighted by molar-refractivity contribution is 5.69. The molecular weight excluding hydrogens is 178 g/mol. The normalized spacial score (nSPS) is 31.8. The topological polar surface area (TPSA) is 29.5 Å². The Bertz CT molecular complexity index is 217. The number of hydrogen-bond donors (Lipinski definition) is 0. The summed E-state index contributed by atoms with van der Waals surface area (Å²) in [7, 11) is 0. The lowest BCUT2D eigenvalue weighted by Crippen LogP contribution is -2.27. The van der Waals surface area contributed by atoms with Crippen LogP contribution in [-0.2, 0) is 9.53 Å². The molecule has 0 bridgehead atoms. The lowest BCUT2D eigenvalue weighted by Gasteiger charge is -2.19. The molecule has 2 aliphatic heterocycles. The summed E-state index contributed by atoms with van der Waals surface area (Å²) in [6.45, 7) is 4.81. The first-order valence-corrected chi connectivity index (χ1v) is 5.71. The van der Waals surface area contributed by atoms with Crippen LogP contribution in [0.3, 0.4) is 0 Å². The van der Waals surface area contributed by atoms with Gasteiger partial charge in [-0.2, -0.15) is 0 Å². The summed E-state index contributed by atoms with van der Waals surface area (Å²) in [6.07, 6.45) is 4.41. The Morgan fingerprint density at radius 3 is 3.07 bits per heavy atom. The van der Waals surface area contributed by atoms with Crippen LogP contribution >= 0.6 is 0 Å².